The molecule has 3 N–H and O–H groups in total. The highest BCUT2D eigenvalue weighted by Crippen LogP contribution is 2.27. The summed E-state index contributed by atoms with van der Waals surface area (Å²) >= 11 is 5.96. The molecule has 4 heteroatoms. The number of amidine groups is 1. The number of anilines is 1. The minimum Gasteiger partial charge on any atom is -0.384 e. The number of halogens is 1. The zero-order valence-electron chi connectivity index (χ0n) is 8.46. The molecule has 1 aromatic carbocycles. The maximum Gasteiger partial charge on any atom is 0.124 e. The van der Waals surface area contributed by atoms with E-state index >= 15 is 0 Å². The van der Waals surface area contributed by atoms with Crippen LogP contribution >= 0.6 is 11.6 Å². The summed E-state index contributed by atoms with van der Waals surface area (Å²) in [6.45, 7) is 2.06. The highest BCUT2D eigenvalue weighted by molar-refractivity contribution is 6.31. The number of nitrogens with one attached hydrogen (secondary N) is 1. The first-order valence-corrected chi connectivity index (χ1v) is 5.45. The summed E-state index contributed by atoms with van der Waals surface area (Å²) in [6, 6.07) is 5.49. The third kappa shape index (κ3) is 2.07. The van der Waals surface area contributed by atoms with E-state index in [2.05, 4.69) is 4.90 Å². The van der Waals surface area contributed by atoms with Gasteiger partial charge in [0.1, 0.15) is 5.84 Å². The largest absolute Gasteiger partial charge is 0.384 e. The predicted molar refractivity (Wildman–Crippen MR) is 63.9 cm³/mol. The topological polar surface area (TPSA) is 53.1 Å². The molecule has 1 fully saturated rings. The minimum atomic E-state index is 0.105. The van der Waals surface area contributed by atoms with E-state index in [4.69, 9.17) is 22.7 Å². The standard InChI is InChI=1S/C11H14ClN3/c12-8-3-4-9(11(13)14)10(7-8)15-5-1-2-6-15/h3-4,7H,1-2,5-6H2,(H3,13,14). The maximum absolute atomic E-state index is 7.52. The quantitative estimate of drug-likeness (QED) is 0.597. The molecule has 80 valence electrons. The lowest BCUT2D eigenvalue weighted by Gasteiger charge is -2.21. The van der Waals surface area contributed by atoms with Crippen molar-refractivity contribution in [1.82, 2.24) is 0 Å². The van der Waals surface area contributed by atoms with E-state index in [1.807, 2.05) is 12.1 Å². The summed E-state index contributed by atoms with van der Waals surface area (Å²) in [5.41, 5.74) is 7.32. The van der Waals surface area contributed by atoms with Crippen LogP contribution in [0, 0.1) is 5.41 Å². The van der Waals surface area contributed by atoms with Crippen molar-refractivity contribution in [2.24, 2.45) is 5.73 Å². The molecule has 0 spiro atoms. The predicted octanol–water partition coefficient (Wildman–Crippen LogP) is 2.22. The van der Waals surface area contributed by atoms with E-state index in [1.165, 1.54) is 12.8 Å². The van der Waals surface area contributed by atoms with Gasteiger partial charge in [-0.05, 0) is 31.0 Å². The Morgan fingerprint density at radius 3 is 2.60 bits per heavy atom. The fourth-order valence-corrected chi connectivity index (χ4v) is 2.12. The van der Waals surface area contributed by atoms with Crippen LogP contribution in [0.5, 0.6) is 0 Å². The number of hydrogen-bond donors (Lipinski definition) is 2. The third-order valence-corrected chi connectivity index (χ3v) is 2.93. The van der Waals surface area contributed by atoms with E-state index in [9.17, 15) is 0 Å². The van der Waals surface area contributed by atoms with Crippen molar-refractivity contribution in [2.45, 2.75) is 12.8 Å². The first-order chi connectivity index (χ1) is 7.18. The van der Waals surface area contributed by atoms with Crippen molar-refractivity contribution >= 4 is 23.1 Å². The van der Waals surface area contributed by atoms with Crippen LogP contribution in [0.15, 0.2) is 18.2 Å². The molecule has 1 heterocycles. The molecule has 1 saturated heterocycles. The molecule has 0 atom stereocenters. The van der Waals surface area contributed by atoms with Crippen molar-refractivity contribution in [3.05, 3.63) is 28.8 Å². The van der Waals surface area contributed by atoms with E-state index < -0.39 is 0 Å². The van der Waals surface area contributed by atoms with Gasteiger partial charge in [0.15, 0.2) is 0 Å². The van der Waals surface area contributed by atoms with Crippen LogP contribution in [0.2, 0.25) is 5.02 Å². The van der Waals surface area contributed by atoms with Gasteiger partial charge in [-0.15, -0.1) is 0 Å². The molecule has 0 radical (unpaired) electrons. The second kappa shape index (κ2) is 4.11. The van der Waals surface area contributed by atoms with Crippen LogP contribution in [-0.2, 0) is 0 Å². The summed E-state index contributed by atoms with van der Waals surface area (Å²) < 4.78 is 0. The lowest BCUT2D eigenvalue weighted by molar-refractivity contribution is 0.949. The SMILES string of the molecule is N=C(N)c1ccc(Cl)cc1N1CCCC1. The van der Waals surface area contributed by atoms with Gasteiger partial charge in [0.25, 0.3) is 0 Å². The van der Waals surface area contributed by atoms with Gasteiger partial charge >= 0.3 is 0 Å². The van der Waals surface area contributed by atoms with Gasteiger partial charge in [-0.2, -0.15) is 0 Å². The molecular formula is C11H14ClN3. The first-order valence-electron chi connectivity index (χ1n) is 5.07. The molecule has 3 nitrogen and oxygen atoms in total. The monoisotopic (exact) mass is 223 g/mol. The molecule has 15 heavy (non-hydrogen) atoms. The van der Waals surface area contributed by atoms with Gasteiger partial charge in [0, 0.05) is 29.4 Å². The second-order valence-corrected chi connectivity index (χ2v) is 4.21. The van der Waals surface area contributed by atoms with Crippen LogP contribution in [0.4, 0.5) is 5.69 Å². The molecule has 1 aliphatic rings. The van der Waals surface area contributed by atoms with Crippen molar-refractivity contribution in [3.8, 4) is 0 Å². The molecule has 2 rings (SSSR count). The van der Waals surface area contributed by atoms with Crippen LogP contribution in [0.1, 0.15) is 18.4 Å². The Balaban J connectivity index is 2.41. The lowest BCUT2D eigenvalue weighted by atomic mass is 10.1. The molecule has 0 saturated carbocycles. The van der Waals surface area contributed by atoms with Gasteiger partial charge in [-0.3, -0.25) is 5.41 Å². The smallest absolute Gasteiger partial charge is 0.124 e. The lowest BCUT2D eigenvalue weighted by Crippen LogP contribution is -2.23. The number of benzene rings is 1. The fraction of sp³-hybridized carbons (Fsp3) is 0.364. The van der Waals surface area contributed by atoms with Crippen LogP contribution in [0.3, 0.4) is 0 Å². The van der Waals surface area contributed by atoms with Crippen molar-refractivity contribution in [2.75, 3.05) is 18.0 Å². The molecule has 0 unspecified atom stereocenters. The number of hydrogen-bond acceptors (Lipinski definition) is 2. The highest BCUT2D eigenvalue weighted by Gasteiger charge is 2.17. The summed E-state index contributed by atoms with van der Waals surface area (Å²) in [4.78, 5) is 2.24. The number of nitrogen functional groups attached to an aromatic ring is 1. The Kier molecular flexibility index (Phi) is 2.82. The van der Waals surface area contributed by atoms with E-state index in [1.54, 1.807) is 6.07 Å². The van der Waals surface area contributed by atoms with E-state index in [0.29, 0.717) is 5.02 Å². The Bertz CT molecular complexity index is 383. The molecule has 0 amide bonds. The van der Waals surface area contributed by atoms with Gasteiger partial charge in [-0.1, -0.05) is 11.6 Å². The average Bonchev–Trinajstić information content (AvgIpc) is 2.69. The van der Waals surface area contributed by atoms with Crippen molar-refractivity contribution in [3.63, 3.8) is 0 Å². The summed E-state index contributed by atoms with van der Waals surface area (Å²) in [5, 5.41) is 8.21. The van der Waals surface area contributed by atoms with Gasteiger partial charge in [-0.25, -0.2) is 0 Å². The molecule has 1 aromatic rings. The van der Waals surface area contributed by atoms with Gasteiger partial charge in [0.2, 0.25) is 0 Å². The van der Waals surface area contributed by atoms with E-state index in [-0.39, 0.29) is 5.84 Å². The zero-order valence-corrected chi connectivity index (χ0v) is 9.22. The van der Waals surface area contributed by atoms with Crippen molar-refractivity contribution < 1.29 is 0 Å². The molecule has 0 aromatic heterocycles. The normalized spacial score (nSPS) is 15.7. The maximum atomic E-state index is 7.52. The summed E-state index contributed by atoms with van der Waals surface area (Å²) in [5.74, 6) is 0.105. The highest BCUT2D eigenvalue weighted by atomic mass is 35.5. The van der Waals surface area contributed by atoms with E-state index in [0.717, 1.165) is 24.3 Å². The second-order valence-electron chi connectivity index (χ2n) is 3.77. The molecule has 1 aliphatic heterocycles. The molecule has 0 aliphatic carbocycles. The van der Waals surface area contributed by atoms with Crippen LogP contribution in [0.25, 0.3) is 0 Å². The number of rotatable bonds is 2. The third-order valence-electron chi connectivity index (χ3n) is 2.70. The van der Waals surface area contributed by atoms with Gasteiger partial charge < -0.3 is 10.6 Å². The van der Waals surface area contributed by atoms with Crippen molar-refractivity contribution in [1.29, 1.82) is 5.41 Å². The Hall–Kier alpha value is -1.22. The summed E-state index contributed by atoms with van der Waals surface area (Å²) in [6.07, 6.45) is 2.40. The number of nitrogens with two attached hydrogens (primary N) is 1. The Labute approximate surface area is 94.3 Å². The Morgan fingerprint density at radius 1 is 1.33 bits per heavy atom. The number of nitrogens with zero attached hydrogens (tertiary/aromatic N) is 1. The van der Waals surface area contributed by atoms with Crippen LogP contribution in [-0.4, -0.2) is 18.9 Å². The fourth-order valence-electron chi connectivity index (χ4n) is 1.95. The Morgan fingerprint density at radius 2 is 2.00 bits per heavy atom. The molecular weight excluding hydrogens is 210 g/mol. The summed E-state index contributed by atoms with van der Waals surface area (Å²) in [7, 11) is 0. The van der Waals surface area contributed by atoms with Crippen LogP contribution < -0.4 is 10.6 Å². The van der Waals surface area contributed by atoms with Gasteiger partial charge in [0.05, 0.1) is 0 Å². The zero-order chi connectivity index (χ0) is 10.8. The first kappa shape index (κ1) is 10.3. The average molecular weight is 224 g/mol. The molecule has 0 bridgehead atoms. The minimum absolute atomic E-state index is 0.105.